The van der Waals surface area contributed by atoms with Crippen LogP contribution in [0.25, 0.3) is 0 Å². The van der Waals surface area contributed by atoms with Gasteiger partial charge in [0.2, 0.25) is 0 Å². The van der Waals surface area contributed by atoms with E-state index in [-0.39, 0.29) is 22.2 Å². The number of benzene rings is 1. The summed E-state index contributed by atoms with van der Waals surface area (Å²) in [6, 6.07) is 1.04. The van der Waals surface area contributed by atoms with Gasteiger partial charge in [-0.25, -0.2) is 8.78 Å². The van der Waals surface area contributed by atoms with Crippen LogP contribution >= 0.6 is 15.9 Å². The Hall–Kier alpha value is -0.680. The van der Waals surface area contributed by atoms with Gasteiger partial charge in [-0.3, -0.25) is 0 Å². The maximum absolute atomic E-state index is 13.8. The van der Waals surface area contributed by atoms with E-state index >= 15 is 0 Å². The molecule has 0 aromatic heterocycles. The SMILES string of the molecule is COc1c(F)cc(Br)c(F)c1CC(C)(C)N. The summed E-state index contributed by atoms with van der Waals surface area (Å²) in [4.78, 5) is 0. The molecule has 0 saturated heterocycles. The molecule has 1 aromatic carbocycles. The number of ether oxygens (including phenoxy) is 1. The Labute approximate surface area is 102 Å². The van der Waals surface area contributed by atoms with Gasteiger partial charge in [0.15, 0.2) is 11.6 Å². The lowest BCUT2D eigenvalue weighted by molar-refractivity contribution is 0.368. The molecule has 0 amide bonds. The highest BCUT2D eigenvalue weighted by molar-refractivity contribution is 9.10. The van der Waals surface area contributed by atoms with Crippen LogP contribution in [0.3, 0.4) is 0 Å². The van der Waals surface area contributed by atoms with Crippen LogP contribution < -0.4 is 10.5 Å². The molecule has 0 unspecified atom stereocenters. The largest absolute Gasteiger partial charge is 0.493 e. The second-order valence-electron chi connectivity index (χ2n) is 4.33. The highest BCUT2D eigenvalue weighted by Crippen LogP contribution is 2.32. The molecule has 0 radical (unpaired) electrons. The fraction of sp³-hybridized carbons (Fsp3) is 0.455. The average molecular weight is 294 g/mol. The fourth-order valence-corrected chi connectivity index (χ4v) is 1.90. The molecule has 0 spiro atoms. The molecule has 0 aliphatic carbocycles. The lowest BCUT2D eigenvalue weighted by Gasteiger charge is -2.21. The summed E-state index contributed by atoms with van der Waals surface area (Å²) in [6.45, 7) is 3.48. The number of methoxy groups -OCH3 is 1. The van der Waals surface area contributed by atoms with E-state index in [1.807, 2.05) is 0 Å². The van der Waals surface area contributed by atoms with E-state index in [2.05, 4.69) is 15.9 Å². The molecule has 0 atom stereocenters. The molecule has 16 heavy (non-hydrogen) atoms. The van der Waals surface area contributed by atoms with Gasteiger partial charge < -0.3 is 10.5 Å². The third-order valence-corrected chi connectivity index (χ3v) is 2.63. The van der Waals surface area contributed by atoms with E-state index < -0.39 is 17.2 Å². The number of nitrogens with two attached hydrogens (primary N) is 1. The van der Waals surface area contributed by atoms with Crippen LogP contribution in [0.2, 0.25) is 0 Å². The van der Waals surface area contributed by atoms with Gasteiger partial charge in [0.1, 0.15) is 5.82 Å². The predicted octanol–water partition coefficient (Wildman–Crippen LogP) is 3.02. The molecule has 2 N–H and O–H groups in total. The van der Waals surface area contributed by atoms with Crippen molar-refractivity contribution < 1.29 is 13.5 Å². The molecule has 0 aliphatic heterocycles. The first-order chi connectivity index (χ1) is 7.26. The van der Waals surface area contributed by atoms with E-state index in [9.17, 15) is 8.78 Å². The first kappa shape index (κ1) is 13.4. The predicted molar refractivity (Wildman–Crippen MR) is 62.6 cm³/mol. The molecular formula is C11H14BrF2NO. The third-order valence-electron chi connectivity index (χ3n) is 2.06. The number of hydrogen-bond acceptors (Lipinski definition) is 2. The Morgan fingerprint density at radius 3 is 2.44 bits per heavy atom. The summed E-state index contributed by atoms with van der Waals surface area (Å²) in [6.07, 6.45) is 0.193. The highest BCUT2D eigenvalue weighted by atomic mass is 79.9. The maximum atomic E-state index is 13.8. The average Bonchev–Trinajstić information content (AvgIpc) is 2.12. The molecule has 0 bridgehead atoms. The molecule has 1 rings (SSSR count). The summed E-state index contributed by atoms with van der Waals surface area (Å²) in [5.74, 6) is -1.22. The summed E-state index contributed by atoms with van der Waals surface area (Å²) in [5.41, 5.74) is 5.32. The smallest absolute Gasteiger partial charge is 0.166 e. The van der Waals surface area contributed by atoms with Gasteiger partial charge in [-0.2, -0.15) is 0 Å². The van der Waals surface area contributed by atoms with E-state index in [4.69, 9.17) is 10.5 Å². The van der Waals surface area contributed by atoms with Crippen molar-refractivity contribution in [3.63, 3.8) is 0 Å². The first-order valence-electron chi connectivity index (χ1n) is 4.75. The molecule has 90 valence electrons. The Morgan fingerprint density at radius 1 is 1.44 bits per heavy atom. The lowest BCUT2D eigenvalue weighted by atomic mass is 9.95. The standard InChI is InChI=1S/C11H14BrF2NO/c1-11(2,15)5-6-9(14)7(12)4-8(13)10(6)16-3/h4H,5,15H2,1-3H3. The second-order valence-corrected chi connectivity index (χ2v) is 5.19. The lowest BCUT2D eigenvalue weighted by Crippen LogP contribution is -2.35. The van der Waals surface area contributed by atoms with Crippen molar-refractivity contribution in [1.29, 1.82) is 0 Å². The van der Waals surface area contributed by atoms with Crippen molar-refractivity contribution in [1.82, 2.24) is 0 Å². The third kappa shape index (κ3) is 2.92. The van der Waals surface area contributed by atoms with Crippen molar-refractivity contribution in [2.24, 2.45) is 5.73 Å². The topological polar surface area (TPSA) is 35.2 Å². The molecule has 5 heteroatoms. The molecule has 0 aliphatic rings. The minimum Gasteiger partial charge on any atom is -0.493 e. The number of halogens is 3. The van der Waals surface area contributed by atoms with E-state index in [1.54, 1.807) is 13.8 Å². The van der Waals surface area contributed by atoms with Gasteiger partial charge in [-0.05, 0) is 42.3 Å². The van der Waals surface area contributed by atoms with Crippen molar-refractivity contribution in [2.75, 3.05) is 7.11 Å². The Kier molecular flexibility index (Phi) is 3.91. The molecule has 0 heterocycles. The minimum absolute atomic E-state index is 0.0741. The Bertz CT molecular complexity index is 402. The maximum Gasteiger partial charge on any atom is 0.166 e. The van der Waals surface area contributed by atoms with Crippen molar-refractivity contribution >= 4 is 15.9 Å². The van der Waals surface area contributed by atoms with Crippen LogP contribution in [0.4, 0.5) is 8.78 Å². The van der Waals surface area contributed by atoms with Crippen LogP contribution in [0.1, 0.15) is 19.4 Å². The summed E-state index contributed by atoms with van der Waals surface area (Å²) in [5, 5.41) is 0. The minimum atomic E-state index is -0.638. The van der Waals surface area contributed by atoms with Crippen LogP contribution in [0.5, 0.6) is 5.75 Å². The molecule has 0 saturated carbocycles. The van der Waals surface area contributed by atoms with Crippen LogP contribution in [-0.4, -0.2) is 12.6 Å². The van der Waals surface area contributed by atoms with Gasteiger partial charge in [0.05, 0.1) is 11.6 Å². The zero-order valence-electron chi connectivity index (χ0n) is 9.40. The van der Waals surface area contributed by atoms with Crippen LogP contribution in [0, 0.1) is 11.6 Å². The van der Waals surface area contributed by atoms with E-state index in [0.29, 0.717) is 0 Å². The van der Waals surface area contributed by atoms with Gasteiger partial charge in [-0.1, -0.05) is 0 Å². The zero-order valence-corrected chi connectivity index (χ0v) is 11.0. The zero-order chi connectivity index (χ0) is 12.5. The first-order valence-corrected chi connectivity index (χ1v) is 5.55. The van der Waals surface area contributed by atoms with Crippen LogP contribution in [-0.2, 0) is 6.42 Å². The van der Waals surface area contributed by atoms with Crippen molar-refractivity contribution in [3.05, 3.63) is 27.7 Å². The summed E-state index contributed by atoms with van der Waals surface area (Å²) >= 11 is 2.96. The Morgan fingerprint density at radius 2 is 2.00 bits per heavy atom. The van der Waals surface area contributed by atoms with Gasteiger partial charge in [-0.15, -0.1) is 0 Å². The van der Waals surface area contributed by atoms with Crippen LogP contribution in [0.15, 0.2) is 10.5 Å². The molecule has 2 nitrogen and oxygen atoms in total. The second kappa shape index (κ2) is 4.67. The van der Waals surface area contributed by atoms with E-state index in [1.165, 1.54) is 7.11 Å². The number of hydrogen-bond donors (Lipinski definition) is 1. The highest BCUT2D eigenvalue weighted by Gasteiger charge is 2.23. The monoisotopic (exact) mass is 293 g/mol. The van der Waals surface area contributed by atoms with E-state index in [0.717, 1.165) is 6.07 Å². The molecular weight excluding hydrogens is 280 g/mol. The fourth-order valence-electron chi connectivity index (χ4n) is 1.46. The van der Waals surface area contributed by atoms with Gasteiger partial charge in [0.25, 0.3) is 0 Å². The van der Waals surface area contributed by atoms with Gasteiger partial charge in [0, 0.05) is 11.1 Å². The Balaban J connectivity index is 3.33. The van der Waals surface area contributed by atoms with Gasteiger partial charge >= 0.3 is 0 Å². The summed E-state index contributed by atoms with van der Waals surface area (Å²) < 4.78 is 32.3. The van der Waals surface area contributed by atoms with Crippen molar-refractivity contribution in [3.8, 4) is 5.75 Å². The number of rotatable bonds is 3. The normalized spacial score (nSPS) is 11.7. The summed E-state index contributed by atoms with van der Waals surface area (Å²) in [7, 11) is 1.30. The van der Waals surface area contributed by atoms with Crippen molar-refractivity contribution in [2.45, 2.75) is 25.8 Å². The molecule has 0 fully saturated rings. The quantitative estimate of drug-likeness (QED) is 0.870. The molecule has 1 aromatic rings.